The van der Waals surface area contributed by atoms with Gasteiger partial charge in [0.15, 0.2) is 0 Å². The summed E-state index contributed by atoms with van der Waals surface area (Å²) in [4.78, 5) is 17.0. The Labute approximate surface area is 225 Å². The number of rotatable bonds is 9. The van der Waals surface area contributed by atoms with Gasteiger partial charge in [-0.05, 0) is 57.2 Å². The van der Waals surface area contributed by atoms with Crippen molar-refractivity contribution in [1.82, 2.24) is 14.3 Å². The normalized spacial score (nSPS) is 11.2. The van der Waals surface area contributed by atoms with E-state index >= 15 is 0 Å². The van der Waals surface area contributed by atoms with Gasteiger partial charge in [0.1, 0.15) is 11.6 Å². The van der Waals surface area contributed by atoms with E-state index in [-0.39, 0.29) is 11.5 Å². The van der Waals surface area contributed by atoms with Crippen molar-refractivity contribution in [3.63, 3.8) is 0 Å². The second-order valence-electron chi connectivity index (χ2n) is 7.36. The second kappa shape index (κ2) is 21.6. The van der Waals surface area contributed by atoms with E-state index in [0.717, 1.165) is 25.1 Å². The van der Waals surface area contributed by atoms with Gasteiger partial charge in [-0.1, -0.05) is 64.8 Å². The number of nitrogens with one attached hydrogen (secondary N) is 2. The van der Waals surface area contributed by atoms with Gasteiger partial charge in [0.2, 0.25) is 0 Å². The highest BCUT2D eigenvalue weighted by molar-refractivity contribution is 7.96. The van der Waals surface area contributed by atoms with Crippen LogP contribution in [0.3, 0.4) is 0 Å². The highest BCUT2D eigenvalue weighted by Gasteiger charge is 2.30. The summed E-state index contributed by atoms with van der Waals surface area (Å²) in [5, 5.41) is 3.00. The molecule has 0 spiro atoms. The van der Waals surface area contributed by atoms with Gasteiger partial charge in [0.05, 0.1) is 11.3 Å². The van der Waals surface area contributed by atoms with Gasteiger partial charge < -0.3 is 5.32 Å². The molecule has 2 N–H and O–H groups in total. The van der Waals surface area contributed by atoms with Gasteiger partial charge in [0.25, 0.3) is 5.56 Å². The molecule has 37 heavy (non-hydrogen) atoms. The Morgan fingerprint density at radius 2 is 1.73 bits per heavy atom. The highest BCUT2D eigenvalue weighted by Crippen LogP contribution is 2.30. The van der Waals surface area contributed by atoms with Crippen LogP contribution < -0.4 is 15.6 Å². The molecule has 1 unspecified atom stereocenters. The van der Waals surface area contributed by atoms with Gasteiger partial charge in [0, 0.05) is 25.1 Å². The van der Waals surface area contributed by atoms with E-state index in [1.54, 1.807) is 11.9 Å². The summed E-state index contributed by atoms with van der Waals surface area (Å²) in [5.41, 5.74) is -0.762. The number of alkyl halides is 3. The van der Waals surface area contributed by atoms with Crippen molar-refractivity contribution in [2.75, 3.05) is 24.7 Å². The van der Waals surface area contributed by atoms with Crippen LogP contribution in [0, 0.1) is 0 Å². The quantitative estimate of drug-likeness (QED) is 0.190. The molecule has 2 rings (SSSR count). The van der Waals surface area contributed by atoms with Crippen molar-refractivity contribution in [3.8, 4) is 5.69 Å². The summed E-state index contributed by atoms with van der Waals surface area (Å²) >= 11 is 1.68. The maximum atomic E-state index is 12.7. The highest BCUT2D eigenvalue weighted by atomic mass is 32.2. The molecule has 5 nitrogen and oxygen atoms in total. The zero-order chi connectivity index (χ0) is 28.9. The van der Waals surface area contributed by atoms with Gasteiger partial charge >= 0.3 is 6.18 Å². The van der Waals surface area contributed by atoms with E-state index in [9.17, 15) is 18.0 Å². The number of benzene rings is 1. The van der Waals surface area contributed by atoms with Crippen LogP contribution in [0.5, 0.6) is 0 Å². The number of allylic oxidation sites excluding steroid dienone is 3. The molecule has 0 amide bonds. The fraction of sp³-hybridized carbons (Fsp3) is 0.500. The molecule has 0 aliphatic heterocycles. The molecule has 0 saturated heterocycles. The number of hydrogen-bond donors (Lipinski definition) is 2. The van der Waals surface area contributed by atoms with E-state index in [4.69, 9.17) is 0 Å². The number of aromatic nitrogens is 2. The smallest absolute Gasteiger partial charge is 0.370 e. The van der Waals surface area contributed by atoms with Crippen LogP contribution >= 0.6 is 11.9 Å². The zero-order valence-corrected chi connectivity index (χ0v) is 24.4. The van der Waals surface area contributed by atoms with Crippen molar-refractivity contribution in [2.24, 2.45) is 0 Å². The molecular formula is C28H45F3N4OS. The maximum absolute atomic E-state index is 12.7. The van der Waals surface area contributed by atoms with Crippen molar-refractivity contribution in [1.29, 1.82) is 0 Å². The summed E-state index contributed by atoms with van der Waals surface area (Å²) in [7, 11) is 0. The zero-order valence-electron chi connectivity index (χ0n) is 23.6. The van der Waals surface area contributed by atoms with E-state index in [0.29, 0.717) is 23.9 Å². The summed E-state index contributed by atoms with van der Waals surface area (Å²) in [5.74, 6) is 0.724. The predicted molar refractivity (Wildman–Crippen MR) is 156 cm³/mol. The number of anilines is 1. The Morgan fingerprint density at radius 1 is 1.16 bits per heavy atom. The van der Waals surface area contributed by atoms with Crippen molar-refractivity contribution >= 4 is 17.8 Å². The summed E-state index contributed by atoms with van der Waals surface area (Å²) in [6, 6.07) is 5.83. The largest absolute Gasteiger partial charge is 0.416 e. The van der Waals surface area contributed by atoms with Crippen LogP contribution in [-0.2, 0) is 6.18 Å². The molecule has 1 aromatic carbocycles. The van der Waals surface area contributed by atoms with Crippen LogP contribution in [-0.4, -0.2) is 28.9 Å². The molecule has 2 aromatic rings. The minimum absolute atomic E-state index is 0.182. The lowest BCUT2D eigenvalue weighted by molar-refractivity contribution is -0.137. The molecule has 1 atom stereocenters. The van der Waals surface area contributed by atoms with Crippen LogP contribution in [0.1, 0.15) is 78.6 Å². The standard InChI is InChI=1S/C18H20F3N3O.C4H11NS.C4H8.C2H6/c1-4-6-12(3)17-23-15(22-5-2)11-16(25)24(17)14-9-7-13(8-10-14)18(19,20)21;1-3-4-5-6-2;1-3-4-2;1-2/h4,6-12,22H,5H2,1-3H3;5H,3-4H2,1-2H3;3H,1,4H2,2H3;1-2H3/b6-4-;;;. The Hall–Kier alpha value is -2.52. The van der Waals surface area contributed by atoms with E-state index in [1.165, 1.54) is 29.2 Å². The average molecular weight is 543 g/mol. The predicted octanol–water partition coefficient (Wildman–Crippen LogP) is 8.24. The minimum Gasteiger partial charge on any atom is -0.370 e. The van der Waals surface area contributed by atoms with E-state index in [2.05, 4.69) is 35.4 Å². The Bertz CT molecular complexity index is 938. The van der Waals surface area contributed by atoms with Gasteiger partial charge in [-0.25, -0.2) is 4.98 Å². The van der Waals surface area contributed by atoms with Crippen LogP contribution in [0.25, 0.3) is 5.69 Å². The topological polar surface area (TPSA) is 59.0 Å². The third-order valence-electron chi connectivity index (χ3n) is 4.43. The third-order valence-corrected chi connectivity index (χ3v) is 4.92. The molecule has 0 aliphatic carbocycles. The molecule has 1 heterocycles. The van der Waals surface area contributed by atoms with Crippen molar-refractivity contribution < 1.29 is 13.2 Å². The Balaban J connectivity index is 0. The molecule has 0 saturated carbocycles. The molecule has 9 heteroatoms. The van der Waals surface area contributed by atoms with Crippen LogP contribution in [0.2, 0.25) is 0 Å². The van der Waals surface area contributed by atoms with Crippen LogP contribution in [0.15, 0.2) is 59.9 Å². The van der Waals surface area contributed by atoms with Gasteiger partial charge in [-0.15, -0.1) is 6.58 Å². The fourth-order valence-corrected chi connectivity index (χ4v) is 3.12. The average Bonchev–Trinajstić information content (AvgIpc) is 2.88. The third kappa shape index (κ3) is 14.7. The Kier molecular flexibility index (Phi) is 21.3. The SMILES string of the molecule is C/C=C\C(C)c1nc(NCC)cc(=O)n1-c1ccc(C(F)(F)F)cc1.C=CCC.CC.CCCNSC. The molecule has 0 radical (unpaired) electrons. The molecule has 0 aliphatic rings. The summed E-state index contributed by atoms with van der Waals surface area (Å²) < 4.78 is 42.7. The summed E-state index contributed by atoms with van der Waals surface area (Å²) in [6.07, 6.45) is 5.51. The number of nitrogens with zero attached hydrogens (tertiary/aromatic N) is 2. The first-order valence-electron chi connectivity index (χ1n) is 12.7. The lowest BCUT2D eigenvalue weighted by atomic mass is 10.1. The summed E-state index contributed by atoms with van der Waals surface area (Å²) in [6.45, 7) is 19.0. The molecule has 0 fully saturated rings. The number of halogens is 3. The first-order valence-corrected chi connectivity index (χ1v) is 13.9. The number of hydrogen-bond acceptors (Lipinski definition) is 5. The van der Waals surface area contributed by atoms with Crippen molar-refractivity contribution in [3.05, 3.63) is 76.9 Å². The Morgan fingerprint density at radius 3 is 2.11 bits per heavy atom. The first kappa shape index (κ1) is 36.6. The second-order valence-corrected chi connectivity index (χ2v) is 8.05. The monoisotopic (exact) mass is 542 g/mol. The lowest BCUT2D eigenvalue weighted by Gasteiger charge is -2.17. The first-order chi connectivity index (χ1) is 17.6. The lowest BCUT2D eigenvalue weighted by Crippen LogP contribution is -2.25. The molecule has 1 aromatic heterocycles. The van der Waals surface area contributed by atoms with Gasteiger partial charge in [-0.2, -0.15) is 13.2 Å². The van der Waals surface area contributed by atoms with Crippen molar-refractivity contribution in [2.45, 2.75) is 73.4 Å². The van der Waals surface area contributed by atoms with E-state index in [1.807, 2.05) is 59.1 Å². The molecule has 210 valence electrons. The fourth-order valence-electron chi connectivity index (χ4n) is 2.72. The van der Waals surface area contributed by atoms with Crippen LogP contribution in [0.4, 0.5) is 19.0 Å². The molecular weight excluding hydrogens is 497 g/mol. The van der Waals surface area contributed by atoms with Gasteiger partial charge in [-0.3, -0.25) is 14.1 Å². The van der Waals surface area contributed by atoms with E-state index < -0.39 is 11.7 Å². The minimum atomic E-state index is -4.42. The molecule has 0 bridgehead atoms. The maximum Gasteiger partial charge on any atom is 0.416 e.